The molecule has 0 fully saturated rings. The van der Waals surface area contributed by atoms with Crippen LogP contribution in [-0.4, -0.2) is 73.7 Å². The van der Waals surface area contributed by atoms with Crippen LogP contribution in [0.2, 0.25) is 0 Å². The second-order valence-electron chi connectivity index (χ2n) is 11.2. The van der Waals surface area contributed by atoms with Crippen LogP contribution in [0, 0.1) is 13.8 Å². The summed E-state index contributed by atoms with van der Waals surface area (Å²) in [5.74, 6) is -6.90. The number of ether oxygens (including phenoxy) is 4. The number of benzene rings is 4. The highest BCUT2D eigenvalue weighted by Gasteiger charge is 2.43. The van der Waals surface area contributed by atoms with E-state index in [1.54, 1.807) is 13.8 Å². The number of phenols is 2. The lowest BCUT2D eigenvalue weighted by atomic mass is 9.74. The Hall–Kier alpha value is -6.30. The van der Waals surface area contributed by atoms with Crippen molar-refractivity contribution in [2.45, 2.75) is 13.8 Å². The summed E-state index contributed by atoms with van der Waals surface area (Å²) >= 11 is 0. The topological polar surface area (TPSA) is 180 Å². The summed E-state index contributed by atoms with van der Waals surface area (Å²) in [6.07, 6.45) is 0. The molecule has 2 N–H and O–H groups in total. The van der Waals surface area contributed by atoms with Gasteiger partial charge in [-0.05, 0) is 61.4 Å². The molecule has 2 aliphatic carbocycles. The van der Waals surface area contributed by atoms with Gasteiger partial charge in [-0.3, -0.25) is 19.2 Å². The van der Waals surface area contributed by atoms with Crippen LogP contribution in [0.1, 0.15) is 95.5 Å². The van der Waals surface area contributed by atoms with Gasteiger partial charge in [0.05, 0.1) is 39.6 Å². The smallest absolute Gasteiger partial charge is 0.341 e. The van der Waals surface area contributed by atoms with E-state index < -0.39 is 46.6 Å². The molecule has 0 aromatic heterocycles. The second kappa shape index (κ2) is 11.2. The molecule has 0 aliphatic heterocycles. The molecule has 242 valence electrons. The van der Waals surface area contributed by atoms with Crippen molar-refractivity contribution < 1.29 is 57.9 Å². The minimum Gasteiger partial charge on any atom is -0.507 e. The maximum absolute atomic E-state index is 14.5. The van der Waals surface area contributed by atoms with Crippen molar-refractivity contribution in [2.75, 3.05) is 28.4 Å². The fourth-order valence-corrected chi connectivity index (χ4v) is 6.49. The monoisotopic (exact) mass is 650 g/mol. The zero-order chi connectivity index (χ0) is 34.9. The van der Waals surface area contributed by atoms with Crippen LogP contribution in [0.3, 0.4) is 0 Å². The number of carbonyl (C=O) groups excluding carboxylic acids is 6. The van der Waals surface area contributed by atoms with Crippen molar-refractivity contribution in [1.82, 2.24) is 0 Å². The average molecular weight is 651 g/mol. The molecular weight excluding hydrogens is 624 g/mol. The Morgan fingerprint density at radius 3 is 1.10 bits per heavy atom. The van der Waals surface area contributed by atoms with Gasteiger partial charge in [0, 0.05) is 44.5 Å². The molecule has 0 atom stereocenters. The fourth-order valence-electron chi connectivity index (χ4n) is 6.49. The largest absolute Gasteiger partial charge is 0.507 e. The van der Waals surface area contributed by atoms with Gasteiger partial charge in [0.2, 0.25) is 0 Å². The van der Waals surface area contributed by atoms with Crippen molar-refractivity contribution in [3.8, 4) is 34.1 Å². The molecule has 4 aromatic rings. The van der Waals surface area contributed by atoms with Crippen molar-refractivity contribution >= 4 is 35.1 Å². The predicted octanol–water partition coefficient (Wildman–Crippen LogP) is 4.52. The van der Waals surface area contributed by atoms with Crippen molar-refractivity contribution in [1.29, 1.82) is 0 Å². The van der Waals surface area contributed by atoms with E-state index in [-0.39, 0.29) is 78.3 Å². The first-order chi connectivity index (χ1) is 22.8. The number of esters is 2. The van der Waals surface area contributed by atoms with Crippen LogP contribution in [-0.2, 0) is 9.47 Å². The fraction of sp³-hybridized carbons (Fsp3) is 0.167. The zero-order valence-corrected chi connectivity index (χ0v) is 26.4. The van der Waals surface area contributed by atoms with Gasteiger partial charge in [0.25, 0.3) is 0 Å². The van der Waals surface area contributed by atoms with Gasteiger partial charge < -0.3 is 29.2 Å². The van der Waals surface area contributed by atoms with Crippen molar-refractivity contribution in [3.05, 3.63) is 103 Å². The maximum Gasteiger partial charge on any atom is 0.341 e. The number of hydrogen-bond acceptors (Lipinski definition) is 12. The van der Waals surface area contributed by atoms with E-state index in [1.165, 1.54) is 38.5 Å². The second-order valence-corrected chi connectivity index (χ2v) is 11.2. The standard InChI is InChI=1S/C36H26O12/c1-13-7-15-23(21(37)9-13)29(39)17-11-19(35(43)47-5)33(45-3)27(25(17)31(15)41)28-26-18(12-20(34(28)46-4)36(44)48-6)30(40)24-16(32(26)42)8-14(2)10-22(24)38/h7-12,37-38H,1-6H3. The Morgan fingerprint density at radius 2 is 0.792 bits per heavy atom. The number of aryl methyl sites for hydroxylation is 2. The summed E-state index contributed by atoms with van der Waals surface area (Å²) in [7, 11) is 4.49. The number of phenolic OH excluding ortho intramolecular Hbond substituents is 2. The predicted molar refractivity (Wildman–Crippen MR) is 167 cm³/mol. The lowest BCUT2D eigenvalue weighted by Crippen LogP contribution is -2.27. The van der Waals surface area contributed by atoms with Gasteiger partial charge in [-0.1, -0.05) is 0 Å². The number of carbonyl (C=O) groups is 6. The SMILES string of the molecule is COC(=O)c1cc2c(c(-c3c(OC)c(C(=O)OC)cc4c3C(=O)c3cc(C)cc(O)c3C4=O)c1OC)C(=O)c1cc(C)cc(O)c1C2=O. The average Bonchev–Trinajstić information content (AvgIpc) is 3.06. The Bertz CT molecular complexity index is 2070. The summed E-state index contributed by atoms with van der Waals surface area (Å²) in [6.45, 7) is 3.21. The number of hydrogen-bond donors (Lipinski definition) is 2. The first-order valence-corrected chi connectivity index (χ1v) is 14.3. The van der Waals surface area contributed by atoms with Gasteiger partial charge in [0.1, 0.15) is 34.1 Å². The summed E-state index contributed by atoms with van der Waals surface area (Å²) < 4.78 is 21.4. The van der Waals surface area contributed by atoms with E-state index >= 15 is 0 Å². The lowest BCUT2D eigenvalue weighted by Gasteiger charge is -2.29. The summed E-state index contributed by atoms with van der Waals surface area (Å²) in [4.78, 5) is 83.6. The molecule has 0 spiro atoms. The highest BCUT2D eigenvalue weighted by molar-refractivity contribution is 6.35. The number of methoxy groups -OCH3 is 4. The number of fused-ring (bicyclic) bond motifs is 4. The van der Waals surface area contributed by atoms with Gasteiger partial charge in [-0.15, -0.1) is 0 Å². The van der Waals surface area contributed by atoms with Crippen LogP contribution >= 0.6 is 0 Å². The maximum atomic E-state index is 14.5. The van der Waals surface area contributed by atoms with E-state index in [9.17, 15) is 39.0 Å². The molecule has 12 nitrogen and oxygen atoms in total. The molecule has 4 aromatic carbocycles. The molecule has 0 unspecified atom stereocenters. The third-order valence-electron chi connectivity index (χ3n) is 8.44. The molecule has 2 aliphatic rings. The summed E-state index contributed by atoms with van der Waals surface area (Å²) in [5.41, 5.74) is -2.88. The minimum absolute atomic E-state index is 0.177. The van der Waals surface area contributed by atoms with Crippen LogP contribution in [0.5, 0.6) is 23.0 Å². The van der Waals surface area contributed by atoms with Crippen molar-refractivity contribution in [3.63, 3.8) is 0 Å². The van der Waals surface area contributed by atoms with Gasteiger partial charge in [0.15, 0.2) is 23.1 Å². The minimum atomic E-state index is -1.000. The molecule has 0 bridgehead atoms. The first kappa shape index (κ1) is 31.7. The molecule has 0 radical (unpaired) electrons. The van der Waals surface area contributed by atoms with E-state index in [2.05, 4.69) is 0 Å². The Morgan fingerprint density at radius 1 is 0.479 bits per heavy atom. The number of ketones is 4. The highest BCUT2D eigenvalue weighted by atomic mass is 16.5. The molecule has 0 amide bonds. The summed E-state index contributed by atoms with van der Waals surface area (Å²) in [6, 6.07) is 7.57. The first-order valence-electron chi connectivity index (χ1n) is 14.3. The molecule has 0 heterocycles. The molecular formula is C36H26O12. The van der Waals surface area contributed by atoms with Crippen LogP contribution in [0.25, 0.3) is 11.1 Å². The van der Waals surface area contributed by atoms with Gasteiger partial charge in [-0.2, -0.15) is 0 Å². The van der Waals surface area contributed by atoms with Gasteiger partial charge >= 0.3 is 11.9 Å². The van der Waals surface area contributed by atoms with Crippen molar-refractivity contribution in [2.24, 2.45) is 0 Å². The van der Waals surface area contributed by atoms with Crippen LogP contribution in [0.15, 0.2) is 36.4 Å². The normalized spacial score (nSPS) is 12.9. The van der Waals surface area contributed by atoms with E-state index in [1.807, 2.05) is 0 Å². The highest BCUT2D eigenvalue weighted by Crippen LogP contribution is 2.51. The van der Waals surface area contributed by atoms with Crippen LogP contribution in [0.4, 0.5) is 0 Å². The molecule has 48 heavy (non-hydrogen) atoms. The molecule has 6 rings (SSSR count). The molecule has 12 heteroatoms. The lowest BCUT2D eigenvalue weighted by molar-refractivity contribution is 0.0587. The zero-order valence-electron chi connectivity index (χ0n) is 26.4. The third-order valence-corrected chi connectivity index (χ3v) is 8.44. The van der Waals surface area contributed by atoms with E-state index in [0.717, 1.165) is 26.4 Å². The number of rotatable bonds is 5. The Balaban J connectivity index is 1.88. The number of aromatic hydroxyl groups is 2. The van der Waals surface area contributed by atoms with E-state index in [0.29, 0.717) is 11.1 Å². The van der Waals surface area contributed by atoms with Gasteiger partial charge in [-0.25, -0.2) is 9.59 Å². The Labute approximate surface area is 272 Å². The summed E-state index contributed by atoms with van der Waals surface area (Å²) in [5, 5.41) is 21.5. The van der Waals surface area contributed by atoms with Crippen LogP contribution < -0.4 is 9.47 Å². The Kier molecular flexibility index (Phi) is 7.39. The van der Waals surface area contributed by atoms with E-state index in [4.69, 9.17) is 18.9 Å². The molecule has 0 saturated heterocycles. The molecule has 0 saturated carbocycles. The quantitative estimate of drug-likeness (QED) is 0.250. The third kappa shape index (κ3) is 4.29.